The van der Waals surface area contributed by atoms with E-state index in [1.807, 2.05) is 6.92 Å². The number of nitrogens with two attached hydrogens (primary N) is 1. The van der Waals surface area contributed by atoms with Crippen LogP contribution in [-0.4, -0.2) is 29.2 Å². The van der Waals surface area contributed by atoms with Gasteiger partial charge in [0.15, 0.2) is 0 Å². The van der Waals surface area contributed by atoms with E-state index in [0.29, 0.717) is 11.7 Å². The number of aromatic nitrogens is 2. The fourth-order valence-corrected chi connectivity index (χ4v) is 2.55. The van der Waals surface area contributed by atoms with Crippen LogP contribution in [0.5, 0.6) is 0 Å². The molecule has 1 saturated heterocycles. The predicted octanol–water partition coefficient (Wildman–Crippen LogP) is 1.93. The molecule has 0 amide bonds. The molecule has 0 aromatic carbocycles. The summed E-state index contributed by atoms with van der Waals surface area (Å²) in [4.78, 5) is 9.14. The van der Waals surface area contributed by atoms with Gasteiger partial charge in [-0.1, -0.05) is 0 Å². The van der Waals surface area contributed by atoms with Crippen LogP contribution in [0.25, 0.3) is 0 Å². The highest BCUT2D eigenvalue weighted by Gasteiger charge is 2.28. The molecule has 0 bridgehead atoms. The minimum Gasteiger partial charge on any atom is -0.376 e. The van der Waals surface area contributed by atoms with E-state index >= 15 is 0 Å². The van der Waals surface area contributed by atoms with Gasteiger partial charge in [0, 0.05) is 24.6 Å². The van der Waals surface area contributed by atoms with Crippen molar-refractivity contribution in [1.29, 1.82) is 0 Å². The van der Waals surface area contributed by atoms with Crippen LogP contribution in [0.2, 0.25) is 0 Å². The molecule has 2 aliphatic rings. The summed E-state index contributed by atoms with van der Waals surface area (Å²) in [5, 5.41) is 3.41. The lowest BCUT2D eigenvalue weighted by atomic mass is 10.1. The number of hydrazine groups is 1. The van der Waals surface area contributed by atoms with E-state index in [1.54, 1.807) is 0 Å². The zero-order chi connectivity index (χ0) is 13.9. The molecule has 1 atom stereocenters. The summed E-state index contributed by atoms with van der Waals surface area (Å²) in [6.07, 6.45) is 6.19. The molecule has 3 rings (SSSR count). The van der Waals surface area contributed by atoms with E-state index in [0.717, 1.165) is 36.8 Å². The van der Waals surface area contributed by atoms with Crippen LogP contribution in [0.3, 0.4) is 0 Å². The van der Waals surface area contributed by atoms with E-state index in [1.165, 1.54) is 25.7 Å². The molecule has 1 unspecified atom stereocenters. The smallest absolute Gasteiger partial charge is 0.148 e. The van der Waals surface area contributed by atoms with Crippen molar-refractivity contribution in [3.05, 3.63) is 11.4 Å². The molecule has 6 heteroatoms. The van der Waals surface area contributed by atoms with Crippen LogP contribution >= 0.6 is 0 Å². The average molecular weight is 277 g/mol. The van der Waals surface area contributed by atoms with Gasteiger partial charge in [-0.25, -0.2) is 15.8 Å². The largest absolute Gasteiger partial charge is 0.376 e. The maximum Gasteiger partial charge on any atom is 0.148 e. The number of rotatable bonds is 5. The molecule has 110 valence electrons. The van der Waals surface area contributed by atoms with Gasteiger partial charge in [-0.3, -0.25) is 0 Å². The van der Waals surface area contributed by atoms with E-state index in [9.17, 15) is 0 Å². The molecule has 20 heavy (non-hydrogen) atoms. The Morgan fingerprint density at radius 1 is 1.20 bits per heavy atom. The Hall–Kier alpha value is -1.40. The van der Waals surface area contributed by atoms with Crippen molar-refractivity contribution < 1.29 is 4.74 Å². The van der Waals surface area contributed by atoms with Crippen LogP contribution in [0.15, 0.2) is 0 Å². The Bertz CT molecular complexity index is 469. The molecule has 0 spiro atoms. The summed E-state index contributed by atoms with van der Waals surface area (Å²) < 4.78 is 5.74. The van der Waals surface area contributed by atoms with Gasteiger partial charge in [0.1, 0.15) is 17.5 Å². The minimum atomic E-state index is 0.289. The van der Waals surface area contributed by atoms with Crippen LogP contribution in [0.1, 0.15) is 49.4 Å². The Balaban J connectivity index is 1.71. The van der Waals surface area contributed by atoms with Crippen LogP contribution < -0.4 is 16.6 Å². The highest BCUT2D eigenvalue weighted by Crippen LogP contribution is 2.39. The van der Waals surface area contributed by atoms with Gasteiger partial charge in [-0.05, 0) is 39.0 Å². The first-order chi connectivity index (χ1) is 9.78. The number of hydrogen-bond donors (Lipinski definition) is 3. The summed E-state index contributed by atoms with van der Waals surface area (Å²) in [6, 6.07) is 0. The molecule has 1 aliphatic carbocycles. The predicted molar refractivity (Wildman–Crippen MR) is 78.6 cm³/mol. The molecular weight excluding hydrogens is 254 g/mol. The van der Waals surface area contributed by atoms with Crippen molar-refractivity contribution >= 4 is 11.6 Å². The first-order valence-corrected chi connectivity index (χ1v) is 7.48. The molecule has 2 fully saturated rings. The Morgan fingerprint density at radius 3 is 2.65 bits per heavy atom. The molecule has 1 aromatic rings. The minimum absolute atomic E-state index is 0.289. The Morgan fingerprint density at radius 2 is 2.00 bits per heavy atom. The summed E-state index contributed by atoms with van der Waals surface area (Å²) in [7, 11) is 0. The lowest BCUT2D eigenvalue weighted by Gasteiger charge is -2.23. The first-order valence-electron chi connectivity index (χ1n) is 7.48. The molecule has 4 N–H and O–H groups in total. The van der Waals surface area contributed by atoms with Gasteiger partial charge in [0.25, 0.3) is 0 Å². The van der Waals surface area contributed by atoms with E-state index in [4.69, 9.17) is 10.6 Å². The summed E-state index contributed by atoms with van der Waals surface area (Å²) in [5.41, 5.74) is 3.64. The number of nitrogens with zero attached hydrogens (tertiary/aromatic N) is 2. The fourth-order valence-electron chi connectivity index (χ4n) is 2.55. The maximum absolute atomic E-state index is 5.74. The zero-order valence-electron chi connectivity index (χ0n) is 12.0. The van der Waals surface area contributed by atoms with Crippen LogP contribution in [0, 0.1) is 6.92 Å². The van der Waals surface area contributed by atoms with Crippen molar-refractivity contribution in [2.45, 2.75) is 51.0 Å². The van der Waals surface area contributed by atoms with Crippen LogP contribution in [-0.2, 0) is 4.74 Å². The molecule has 1 aromatic heterocycles. The molecule has 2 heterocycles. The number of anilines is 2. The molecule has 1 aliphatic heterocycles. The molecule has 0 radical (unpaired) electrons. The summed E-state index contributed by atoms with van der Waals surface area (Å²) >= 11 is 0. The highest BCUT2D eigenvalue weighted by molar-refractivity contribution is 5.57. The second kappa shape index (κ2) is 5.93. The number of nitrogens with one attached hydrogen (secondary N) is 2. The van der Waals surface area contributed by atoms with Gasteiger partial charge in [0.2, 0.25) is 0 Å². The number of ether oxygens (including phenoxy) is 1. The van der Waals surface area contributed by atoms with E-state index in [2.05, 4.69) is 20.7 Å². The SMILES string of the molecule is Cc1c(NN)nc(C2CC2)nc1NCC1CCCCO1. The van der Waals surface area contributed by atoms with Crippen molar-refractivity contribution in [3.63, 3.8) is 0 Å². The maximum atomic E-state index is 5.74. The van der Waals surface area contributed by atoms with Crippen molar-refractivity contribution in [3.8, 4) is 0 Å². The zero-order valence-corrected chi connectivity index (χ0v) is 12.0. The first kappa shape index (κ1) is 13.6. The van der Waals surface area contributed by atoms with Gasteiger partial charge >= 0.3 is 0 Å². The summed E-state index contributed by atoms with van der Waals surface area (Å²) in [5.74, 6) is 8.56. The Kier molecular flexibility index (Phi) is 4.03. The second-order valence-electron chi connectivity index (χ2n) is 5.69. The lowest BCUT2D eigenvalue weighted by molar-refractivity contribution is 0.0247. The van der Waals surface area contributed by atoms with Gasteiger partial charge in [-0.2, -0.15) is 0 Å². The quantitative estimate of drug-likeness (QED) is 0.563. The highest BCUT2D eigenvalue weighted by atomic mass is 16.5. The van der Waals surface area contributed by atoms with Crippen LogP contribution in [0.4, 0.5) is 11.6 Å². The van der Waals surface area contributed by atoms with Crippen molar-refractivity contribution in [1.82, 2.24) is 9.97 Å². The summed E-state index contributed by atoms with van der Waals surface area (Å²) in [6.45, 7) is 3.65. The van der Waals surface area contributed by atoms with E-state index in [-0.39, 0.29) is 6.10 Å². The number of hydrogen-bond acceptors (Lipinski definition) is 6. The van der Waals surface area contributed by atoms with Crippen molar-refractivity contribution in [2.24, 2.45) is 5.84 Å². The van der Waals surface area contributed by atoms with Gasteiger partial charge in [-0.15, -0.1) is 0 Å². The second-order valence-corrected chi connectivity index (χ2v) is 5.69. The van der Waals surface area contributed by atoms with Crippen molar-refractivity contribution in [2.75, 3.05) is 23.9 Å². The lowest BCUT2D eigenvalue weighted by Crippen LogP contribution is -2.27. The third-order valence-corrected chi connectivity index (χ3v) is 4.01. The molecule has 6 nitrogen and oxygen atoms in total. The van der Waals surface area contributed by atoms with Gasteiger partial charge < -0.3 is 15.5 Å². The normalized spacial score (nSPS) is 22.6. The van der Waals surface area contributed by atoms with E-state index < -0.39 is 0 Å². The third kappa shape index (κ3) is 3.02. The topological polar surface area (TPSA) is 85.1 Å². The average Bonchev–Trinajstić information content (AvgIpc) is 3.32. The number of nitrogen functional groups attached to an aromatic ring is 1. The van der Waals surface area contributed by atoms with Gasteiger partial charge in [0.05, 0.1) is 6.10 Å². The standard InChI is InChI=1S/C14H23N5O/c1-9-12(16-8-11-4-2-3-7-20-11)17-14(10-5-6-10)18-13(9)19-15/h10-11H,2-8,15H2,1H3,(H2,16,17,18,19). The Labute approximate surface area is 119 Å². The monoisotopic (exact) mass is 277 g/mol. The molecule has 1 saturated carbocycles. The molecular formula is C14H23N5O. The fraction of sp³-hybridized carbons (Fsp3) is 0.714. The third-order valence-electron chi connectivity index (χ3n) is 4.01.